The van der Waals surface area contributed by atoms with E-state index in [1.54, 1.807) is 0 Å². The molecular formula is C23H33N2O3PdSi-. The Balaban J connectivity index is 0.00000160. The molecular weight excluding hydrogens is 487 g/mol. The third-order valence-corrected chi connectivity index (χ3v) is 8.76. The van der Waals surface area contributed by atoms with E-state index in [2.05, 4.69) is 55.6 Å². The Morgan fingerprint density at radius 2 is 1.43 bits per heavy atom. The molecule has 168 valence electrons. The second kappa shape index (κ2) is 11.1. The Morgan fingerprint density at radius 1 is 0.900 bits per heavy atom. The minimum atomic E-state index is -2.47. The van der Waals surface area contributed by atoms with Gasteiger partial charge in [0.15, 0.2) is 0 Å². The van der Waals surface area contributed by atoms with Crippen LogP contribution < -0.4 is 11.1 Å². The maximum atomic E-state index is 6.64. The van der Waals surface area contributed by atoms with Crippen molar-refractivity contribution in [3.63, 3.8) is 0 Å². The second-order valence-corrected chi connectivity index (χ2v) is 10.4. The van der Waals surface area contributed by atoms with Gasteiger partial charge < -0.3 is 31.8 Å². The van der Waals surface area contributed by atoms with Gasteiger partial charge in [0.1, 0.15) is 0 Å². The number of nitrogens with two attached hydrogens (primary N) is 1. The van der Waals surface area contributed by atoms with E-state index in [0.717, 1.165) is 24.6 Å². The molecule has 0 radical (unpaired) electrons. The molecule has 0 aliphatic carbocycles. The molecule has 2 saturated heterocycles. The van der Waals surface area contributed by atoms with Crippen LogP contribution in [0.25, 0.3) is 0 Å². The van der Waals surface area contributed by atoms with Crippen LogP contribution in [0, 0.1) is 7.43 Å². The largest absolute Gasteiger partial charge is 0.502 e. The first kappa shape index (κ1) is 25.4. The molecule has 7 heteroatoms. The number of fused-ring (bicyclic) bond motifs is 2. The average molecular weight is 520 g/mol. The van der Waals surface area contributed by atoms with E-state index >= 15 is 0 Å². The van der Waals surface area contributed by atoms with Gasteiger partial charge in [0, 0.05) is 32.5 Å². The van der Waals surface area contributed by atoms with E-state index < -0.39 is 8.80 Å². The van der Waals surface area contributed by atoms with Crippen LogP contribution in [0.4, 0.5) is 0 Å². The van der Waals surface area contributed by atoms with Crippen LogP contribution >= 0.6 is 0 Å². The molecule has 2 aromatic rings. The fourth-order valence-corrected chi connectivity index (χ4v) is 7.61. The quantitative estimate of drug-likeness (QED) is 0.313. The molecule has 2 aliphatic heterocycles. The number of hydrogen-bond donors (Lipinski definition) is 2. The van der Waals surface area contributed by atoms with Crippen molar-refractivity contribution in [2.75, 3.05) is 6.54 Å². The van der Waals surface area contributed by atoms with Crippen LogP contribution in [0.15, 0.2) is 60.7 Å². The van der Waals surface area contributed by atoms with E-state index in [-0.39, 0.29) is 58.2 Å². The summed E-state index contributed by atoms with van der Waals surface area (Å²) >= 11 is 0. The minimum Gasteiger partial charge on any atom is -0.368 e. The van der Waals surface area contributed by atoms with Crippen LogP contribution in [0.5, 0.6) is 0 Å². The van der Waals surface area contributed by atoms with Gasteiger partial charge >= 0.3 is 8.80 Å². The summed E-state index contributed by atoms with van der Waals surface area (Å²) in [4.78, 5) is 0. The summed E-state index contributed by atoms with van der Waals surface area (Å²) in [6, 6.07) is 21.4. The van der Waals surface area contributed by atoms with Crippen molar-refractivity contribution in [1.82, 2.24) is 5.32 Å². The second-order valence-electron chi connectivity index (χ2n) is 7.79. The molecule has 4 unspecified atom stereocenters. The molecule has 2 bridgehead atoms. The van der Waals surface area contributed by atoms with Crippen molar-refractivity contribution < 1.29 is 33.7 Å². The molecule has 2 aromatic carbocycles. The summed E-state index contributed by atoms with van der Waals surface area (Å²) in [6.07, 6.45) is 1.32. The molecule has 3 N–H and O–H groups in total. The van der Waals surface area contributed by atoms with Gasteiger partial charge in [0.2, 0.25) is 0 Å². The normalized spacial score (nSPS) is 29.0. The summed E-state index contributed by atoms with van der Waals surface area (Å²) in [7, 11) is -2.47. The van der Waals surface area contributed by atoms with Gasteiger partial charge in [0.05, 0.1) is 24.4 Å². The zero-order valence-electron chi connectivity index (χ0n) is 17.9. The average Bonchev–Trinajstić information content (AvgIpc) is 3.22. The Labute approximate surface area is 195 Å². The third kappa shape index (κ3) is 5.48. The van der Waals surface area contributed by atoms with Crippen molar-refractivity contribution in [3.8, 4) is 0 Å². The Morgan fingerprint density at radius 3 is 1.97 bits per heavy atom. The van der Waals surface area contributed by atoms with Crippen LogP contribution in [0.3, 0.4) is 0 Å². The van der Waals surface area contributed by atoms with Crippen molar-refractivity contribution in [1.29, 1.82) is 0 Å². The Hall–Kier alpha value is -0.881. The monoisotopic (exact) mass is 519 g/mol. The maximum absolute atomic E-state index is 6.64. The molecule has 2 fully saturated rings. The predicted octanol–water partition coefficient (Wildman–Crippen LogP) is 4.02. The first-order valence-electron chi connectivity index (χ1n) is 10.2. The SMILES string of the molecule is CC1O[Si]2(CCCNC(c3ccccc3)C(N)c3ccccc3)OC(C)C1O2.[CH3-].[Pd]. The molecule has 2 heterocycles. The summed E-state index contributed by atoms with van der Waals surface area (Å²) in [5.74, 6) is 0. The van der Waals surface area contributed by atoms with Crippen LogP contribution in [-0.4, -0.2) is 33.7 Å². The predicted molar refractivity (Wildman–Crippen MR) is 118 cm³/mol. The van der Waals surface area contributed by atoms with Crippen molar-refractivity contribution >= 4 is 8.80 Å². The molecule has 0 saturated carbocycles. The molecule has 4 rings (SSSR count). The topological polar surface area (TPSA) is 65.7 Å². The van der Waals surface area contributed by atoms with E-state index in [1.165, 1.54) is 5.56 Å². The number of nitrogens with one attached hydrogen (secondary N) is 1. The van der Waals surface area contributed by atoms with Crippen LogP contribution in [-0.2, 0) is 33.7 Å². The first-order valence-corrected chi connectivity index (χ1v) is 12.1. The molecule has 0 aromatic heterocycles. The standard InChI is InChI=1S/C22H30N2O3Si.CH3.Pd/c1-16-22-17(2)26-28(25-16,27-22)15-9-14-24-21(19-12-7-4-8-13-19)20(23)18-10-5-3-6-11-18;;/h3-8,10-13,16-17,20-22,24H,9,14-15,23H2,1-2H3;1H3;/q;-1;. The molecule has 2 aliphatic rings. The van der Waals surface area contributed by atoms with Gasteiger partial charge in [-0.05, 0) is 37.9 Å². The van der Waals surface area contributed by atoms with E-state index in [1.807, 2.05) is 24.3 Å². The van der Waals surface area contributed by atoms with Crippen LogP contribution in [0.1, 0.15) is 43.5 Å². The van der Waals surface area contributed by atoms with Crippen molar-refractivity contribution in [2.24, 2.45) is 5.73 Å². The summed E-state index contributed by atoms with van der Waals surface area (Å²) in [5.41, 5.74) is 8.97. The third-order valence-electron chi connectivity index (χ3n) is 5.70. The van der Waals surface area contributed by atoms with Gasteiger partial charge in [-0.1, -0.05) is 60.7 Å². The smallest absolute Gasteiger partial charge is 0.368 e. The fourth-order valence-electron chi connectivity index (χ4n) is 4.28. The zero-order chi connectivity index (χ0) is 19.6. The fraction of sp³-hybridized carbons (Fsp3) is 0.435. The molecule has 0 spiro atoms. The molecule has 0 amide bonds. The first-order chi connectivity index (χ1) is 13.6. The number of hydrogen-bond acceptors (Lipinski definition) is 5. The number of rotatable bonds is 8. The Kier molecular flexibility index (Phi) is 9.41. The minimum absolute atomic E-state index is 0. The van der Waals surface area contributed by atoms with Gasteiger partial charge in [-0.25, -0.2) is 0 Å². The number of benzene rings is 2. The van der Waals surface area contributed by atoms with Gasteiger partial charge in [0.25, 0.3) is 0 Å². The maximum Gasteiger partial charge on any atom is 0.502 e. The Bertz CT molecular complexity index is 756. The van der Waals surface area contributed by atoms with Gasteiger partial charge in [-0.3, -0.25) is 0 Å². The molecule has 30 heavy (non-hydrogen) atoms. The summed E-state index contributed by atoms with van der Waals surface area (Å²) in [5, 5.41) is 3.67. The van der Waals surface area contributed by atoms with E-state index in [0.29, 0.717) is 0 Å². The summed E-state index contributed by atoms with van der Waals surface area (Å²) < 4.78 is 18.3. The zero-order valence-corrected chi connectivity index (χ0v) is 20.5. The van der Waals surface area contributed by atoms with Gasteiger partial charge in [-0.2, -0.15) is 0 Å². The molecule has 4 atom stereocenters. The van der Waals surface area contributed by atoms with Crippen molar-refractivity contribution in [2.45, 2.75) is 56.7 Å². The van der Waals surface area contributed by atoms with E-state index in [9.17, 15) is 0 Å². The molecule has 5 nitrogen and oxygen atoms in total. The summed E-state index contributed by atoms with van der Waals surface area (Å²) in [6.45, 7) is 5.00. The van der Waals surface area contributed by atoms with Crippen molar-refractivity contribution in [3.05, 3.63) is 79.2 Å². The van der Waals surface area contributed by atoms with Gasteiger partial charge in [-0.15, -0.1) is 0 Å². The van der Waals surface area contributed by atoms with Crippen LogP contribution in [0.2, 0.25) is 6.04 Å². The van der Waals surface area contributed by atoms with E-state index in [4.69, 9.17) is 19.0 Å².